The summed E-state index contributed by atoms with van der Waals surface area (Å²) in [6.07, 6.45) is -1.09. The predicted octanol–water partition coefficient (Wildman–Crippen LogP) is 4.18. The maximum atomic E-state index is 12.4. The molecule has 1 fully saturated rings. The summed E-state index contributed by atoms with van der Waals surface area (Å²) >= 11 is 0. The van der Waals surface area contributed by atoms with Gasteiger partial charge in [0.15, 0.2) is 29.9 Å². The van der Waals surface area contributed by atoms with Crippen molar-refractivity contribution in [3.8, 4) is 0 Å². The molecule has 0 radical (unpaired) electrons. The highest BCUT2D eigenvalue weighted by atomic mass is 16.7. The fourth-order valence-corrected chi connectivity index (χ4v) is 5.75. The minimum absolute atomic E-state index is 0.0470. The Morgan fingerprint density at radius 3 is 1.84 bits per heavy atom. The van der Waals surface area contributed by atoms with Gasteiger partial charge in [-0.2, -0.15) is 0 Å². The first-order chi connectivity index (χ1) is 21.4. The average Bonchev–Trinajstić information content (AvgIpc) is 3.61. The second kappa shape index (κ2) is 12.2. The molecule has 11 heteroatoms. The zero-order valence-electron chi connectivity index (χ0n) is 24.1. The zero-order chi connectivity index (χ0) is 30.7. The Bertz CT molecular complexity index is 1650. The van der Waals surface area contributed by atoms with Crippen molar-refractivity contribution < 1.29 is 28.5 Å². The lowest BCUT2D eigenvalue weighted by Crippen LogP contribution is -2.42. The van der Waals surface area contributed by atoms with E-state index in [1.165, 1.54) is 26.5 Å². The fourth-order valence-electron chi connectivity index (χ4n) is 5.75. The van der Waals surface area contributed by atoms with Crippen LogP contribution in [0.5, 0.6) is 0 Å². The molecular formula is C33H31N5O6. The molecule has 4 atom stereocenters. The number of hydrogen-bond donors (Lipinski definition) is 1. The van der Waals surface area contributed by atoms with Gasteiger partial charge in [0.1, 0.15) is 23.5 Å². The topological polar surface area (TPSA) is 141 Å². The van der Waals surface area contributed by atoms with E-state index in [4.69, 9.17) is 24.7 Å². The van der Waals surface area contributed by atoms with Crippen LogP contribution in [0.4, 0.5) is 5.82 Å². The number of aromatic nitrogens is 4. The van der Waals surface area contributed by atoms with Gasteiger partial charge < -0.3 is 24.7 Å². The Labute approximate surface area is 253 Å². The number of benzene rings is 3. The standard InChI is InChI=1S/C33H31N5O6/c1-21(39)42-28-26(44-32(29(28)43-22(2)40)38-20-37-27-30(34)35-19-36-31(27)38)18-41-33(23-12-6-3-7-13-23,24-14-8-4-9-15-24)25-16-10-5-11-17-25/h3-17,19-20,26,28-29,32H,18H2,1-2H3,(H2,34,35,36)/t26-,28-,29+,32-/m1/s1. The van der Waals surface area contributed by atoms with Crippen molar-refractivity contribution in [3.63, 3.8) is 0 Å². The molecule has 1 aliphatic rings. The van der Waals surface area contributed by atoms with E-state index in [0.29, 0.717) is 11.2 Å². The molecule has 0 spiro atoms. The lowest BCUT2D eigenvalue weighted by Gasteiger charge is -2.37. The second-order valence-corrected chi connectivity index (χ2v) is 10.4. The second-order valence-electron chi connectivity index (χ2n) is 10.4. The summed E-state index contributed by atoms with van der Waals surface area (Å²) in [6, 6.07) is 29.6. The molecule has 0 saturated carbocycles. The van der Waals surface area contributed by atoms with Crippen LogP contribution in [0, 0.1) is 0 Å². The third kappa shape index (κ3) is 5.38. The molecule has 224 valence electrons. The molecule has 0 bridgehead atoms. The van der Waals surface area contributed by atoms with Gasteiger partial charge in [-0.3, -0.25) is 14.2 Å². The first-order valence-corrected chi connectivity index (χ1v) is 14.1. The van der Waals surface area contributed by atoms with E-state index in [-0.39, 0.29) is 12.4 Å². The molecule has 1 aliphatic heterocycles. The molecule has 0 unspecified atom stereocenters. The Morgan fingerprint density at radius 1 is 0.795 bits per heavy atom. The van der Waals surface area contributed by atoms with E-state index in [2.05, 4.69) is 15.0 Å². The van der Waals surface area contributed by atoms with Crippen molar-refractivity contribution in [3.05, 3.63) is 120 Å². The molecule has 1 saturated heterocycles. The van der Waals surface area contributed by atoms with Crippen LogP contribution in [0.25, 0.3) is 11.2 Å². The minimum atomic E-state index is -1.06. The van der Waals surface area contributed by atoms with E-state index in [9.17, 15) is 9.59 Å². The minimum Gasteiger partial charge on any atom is -0.456 e. The van der Waals surface area contributed by atoms with E-state index in [1.54, 1.807) is 4.57 Å². The van der Waals surface area contributed by atoms with Crippen molar-refractivity contribution in [2.75, 3.05) is 12.3 Å². The third-order valence-electron chi connectivity index (χ3n) is 7.56. The average molecular weight is 594 g/mol. The Morgan fingerprint density at radius 2 is 1.32 bits per heavy atom. The van der Waals surface area contributed by atoms with Crippen LogP contribution in [0.2, 0.25) is 0 Å². The van der Waals surface area contributed by atoms with E-state index in [1.807, 2.05) is 91.0 Å². The SMILES string of the molecule is CC(=O)O[C@H]1[C@H](OC(C)=O)[C@@H](COC(c2ccccc2)(c2ccccc2)c2ccccc2)O[C@H]1n1cnc2c(N)ncnc21. The van der Waals surface area contributed by atoms with Gasteiger partial charge in [-0.25, -0.2) is 15.0 Å². The number of nitrogens with zero attached hydrogens (tertiary/aromatic N) is 4. The Hall–Kier alpha value is -5.13. The first-order valence-electron chi connectivity index (χ1n) is 14.1. The van der Waals surface area contributed by atoms with Gasteiger partial charge in [0.05, 0.1) is 12.9 Å². The number of rotatable bonds is 9. The van der Waals surface area contributed by atoms with Crippen LogP contribution in [-0.4, -0.2) is 56.4 Å². The number of nitrogens with two attached hydrogens (primary N) is 1. The van der Waals surface area contributed by atoms with Crippen LogP contribution >= 0.6 is 0 Å². The van der Waals surface area contributed by atoms with E-state index in [0.717, 1.165) is 16.7 Å². The van der Waals surface area contributed by atoms with Crippen LogP contribution < -0.4 is 5.73 Å². The maximum absolute atomic E-state index is 12.4. The fraction of sp³-hybridized carbons (Fsp3) is 0.242. The largest absolute Gasteiger partial charge is 0.456 e. The molecule has 0 aliphatic carbocycles. The number of fused-ring (bicyclic) bond motifs is 1. The number of carbonyl (C=O) groups is 2. The summed E-state index contributed by atoms with van der Waals surface area (Å²) in [5.41, 5.74) is 8.36. The third-order valence-corrected chi connectivity index (χ3v) is 7.56. The van der Waals surface area contributed by atoms with Crippen LogP contribution in [-0.2, 0) is 34.1 Å². The molecule has 5 aromatic rings. The number of carbonyl (C=O) groups excluding carboxylic acids is 2. The molecule has 44 heavy (non-hydrogen) atoms. The highest BCUT2D eigenvalue weighted by Gasteiger charge is 2.52. The zero-order valence-corrected chi connectivity index (χ0v) is 24.1. The molecule has 2 N–H and O–H groups in total. The van der Waals surface area contributed by atoms with Gasteiger partial charge in [-0.05, 0) is 16.7 Å². The van der Waals surface area contributed by atoms with Gasteiger partial charge in [-0.15, -0.1) is 0 Å². The highest BCUT2D eigenvalue weighted by Crippen LogP contribution is 2.42. The Kier molecular flexibility index (Phi) is 8.05. The molecule has 3 aromatic carbocycles. The number of nitrogen functional groups attached to an aromatic ring is 1. The summed E-state index contributed by atoms with van der Waals surface area (Å²) in [5.74, 6) is -0.956. The molecule has 6 rings (SSSR count). The maximum Gasteiger partial charge on any atom is 0.303 e. The van der Waals surface area contributed by atoms with Crippen LogP contribution in [0.15, 0.2) is 104 Å². The summed E-state index contributed by atoms with van der Waals surface area (Å²) in [5, 5.41) is 0. The summed E-state index contributed by atoms with van der Waals surface area (Å²) in [4.78, 5) is 37.4. The molecule has 2 aromatic heterocycles. The van der Waals surface area contributed by atoms with E-state index < -0.39 is 42.1 Å². The van der Waals surface area contributed by atoms with Gasteiger partial charge in [0.25, 0.3) is 0 Å². The Balaban J connectivity index is 1.44. The van der Waals surface area contributed by atoms with Crippen LogP contribution in [0.3, 0.4) is 0 Å². The summed E-state index contributed by atoms with van der Waals surface area (Å²) in [7, 11) is 0. The smallest absolute Gasteiger partial charge is 0.303 e. The molecule has 3 heterocycles. The number of ether oxygens (including phenoxy) is 4. The van der Waals surface area contributed by atoms with Gasteiger partial charge in [0, 0.05) is 13.8 Å². The number of esters is 2. The quantitative estimate of drug-likeness (QED) is 0.195. The van der Waals surface area contributed by atoms with Crippen molar-refractivity contribution in [2.45, 2.75) is 44.0 Å². The van der Waals surface area contributed by atoms with Crippen molar-refractivity contribution in [2.24, 2.45) is 0 Å². The van der Waals surface area contributed by atoms with Gasteiger partial charge in [0.2, 0.25) is 0 Å². The lowest BCUT2D eigenvalue weighted by molar-refractivity contribution is -0.166. The molecular weight excluding hydrogens is 562 g/mol. The number of imidazole rings is 1. The normalized spacial score (nSPS) is 20.0. The highest BCUT2D eigenvalue weighted by molar-refractivity contribution is 5.81. The predicted molar refractivity (Wildman–Crippen MR) is 160 cm³/mol. The number of hydrogen-bond acceptors (Lipinski definition) is 10. The lowest BCUT2D eigenvalue weighted by atomic mass is 9.80. The van der Waals surface area contributed by atoms with E-state index >= 15 is 0 Å². The van der Waals surface area contributed by atoms with Crippen LogP contribution in [0.1, 0.15) is 36.8 Å². The monoisotopic (exact) mass is 593 g/mol. The van der Waals surface area contributed by atoms with Gasteiger partial charge >= 0.3 is 11.9 Å². The first kappa shape index (κ1) is 29.0. The van der Waals surface area contributed by atoms with Crippen molar-refractivity contribution in [1.82, 2.24) is 19.5 Å². The summed E-state index contributed by atoms with van der Waals surface area (Å²) < 4.78 is 26.6. The van der Waals surface area contributed by atoms with Crippen molar-refractivity contribution in [1.29, 1.82) is 0 Å². The molecule has 0 amide bonds. The summed E-state index contributed by atoms with van der Waals surface area (Å²) in [6.45, 7) is 2.52. The van der Waals surface area contributed by atoms with Crippen molar-refractivity contribution >= 4 is 28.9 Å². The number of anilines is 1. The van der Waals surface area contributed by atoms with Gasteiger partial charge in [-0.1, -0.05) is 91.0 Å². The molecule has 11 nitrogen and oxygen atoms in total.